The molecule has 0 spiro atoms. The molecule has 0 bridgehead atoms. The van der Waals surface area contributed by atoms with E-state index in [0.29, 0.717) is 11.3 Å². The second kappa shape index (κ2) is 7.47. The molecule has 22 heavy (non-hydrogen) atoms. The van der Waals surface area contributed by atoms with Crippen LogP contribution in [0.5, 0.6) is 0 Å². The summed E-state index contributed by atoms with van der Waals surface area (Å²) >= 11 is 6.01. The van der Waals surface area contributed by atoms with Gasteiger partial charge in [0.2, 0.25) is 0 Å². The summed E-state index contributed by atoms with van der Waals surface area (Å²) in [7, 11) is 0. The highest BCUT2D eigenvalue weighted by Crippen LogP contribution is 2.23. The van der Waals surface area contributed by atoms with Crippen LogP contribution in [0.4, 0.5) is 10.5 Å². The van der Waals surface area contributed by atoms with Gasteiger partial charge in [0, 0.05) is 0 Å². The Bertz CT molecular complexity index is 673. The molecule has 0 aliphatic carbocycles. The lowest BCUT2D eigenvalue weighted by molar-refractivity contribution is -0.136. The number of anilines is 1. The summed E-state index contributed by atoms with van der Waals surface area (Å²) in [6.07, 6.45) is -0.755. The largest absolute Gasteiger partial charge is 0.481 e. The smallest absolute Gasteiger partial charge is 0.412 e. The molecule has 0 fully saturated rings. The monoisotopic (exact) mass is 319 g/mol. The van der Waals surface area contributed by atoms with Crippen LogP contribution in [0.3, 0.4) is 0 Å². The Morgan fingerprint density at radius 2 is 1.82 bits per heavy atom. The third-order valence-electron chi connectivity index (χ3n) is 2.84. The number of aliphatic carboxylic acids is 1. The Hall–Kier alpha value is -2.53. The van der Waals surface area contributed by atoms with Crippen LogP contribution < -0.4 is 5.32 Å². The van der Waals surface area contributed by atoms with Gasteiger partial charge in [0.25, 0.3) is 0 Å². The highest BCUT2D eigenvalue weighted by molar-refractivity contribution is 6.33. The second-order valence-corrected chi connectivity index (χ2v) is 4.98. The first kappa shape index (κ1) is 15.9. The van der Waals surface area contributed by atoms with Gasteiger partial charge in [-0.2, -0.15) is 0 Å². The molecule has 1 amide bonds. The van der Waals surface area contributed by atoms with Crippen LogP contribution in [0.25, 0.3) is 0 Å². The number of amides is 1. The fourth-order valence-corrected chi connectivity index (χ4v) is 2.06. The maximum atomic E-state index is 11.7. The third kappa shape index (κ3) is 4.79. The lowest BCUT2D eigenvalue weighted by Gasteiger charge is -2.09. The fraction of sp³-hybridized carbons (Fsp3) is 0.125. The van der Waals surface area contributed by atoms with E-state index in [4.69, 9.17) is 21.4 Å². The Morgan fingerprint density at radius 1 is 1.09 bits per heavy atom. The molecule has 2 rings (SSSR count). The standard InChI is InChI=1S/C16H14ClNO4/c17-13-8-12(9-15(19)20)6-7-14(13)18-16(21)22-10-11-4-2-1-3-5-11/h1-8H,9-10H2,(H,18,21)(H,19,20). The van der Waals surface area contributed by atoms with Crippen LogP contribution in [0.2, 0.25) is 5.02 Å². The quantitative estimate of drug-likeness (QED) is 0.880. The maximum Gasteiger partial charge on any atom is 0.412 e. The second-order valence-electron chi connectivity index (χ2n) is 4.57. The van der Waals surface area contributed by atoms with Gasteiger partial charge in [0.05, 0.1) is 17.1 Å². The van der Waals surface area contributed by atoms with E-state index in [2.05, 4.69) is 5.32 Å². The van der Waals surface area contributed by atoms with Gasteiger partial charge in [-0.05, 0) is 23.3 Å². The predicted octanol–water partition coefficient (Wildman–Crippen LogP) is 3.72. The van der Waals surface area contributed by atoms with Crippen LogP contribution in [0.1, 0.15) is 11.1 Å². The SMILES string of the molecule is O=C(O)Cc1ccc(NC(=O)OCc2ccccc2)c(Cl)c1. The normalized spacial score (nSPS) is 10.0. The van der Waals surface area contributed by atoms with Crippen molar-refractivity contribution in [2.45, 2.75) is 13.0 Å². The molecule has 2 aromatic carbocycles. The van der Waals surface area contributed by atoms with Gasteiger partial charge in [0.1, 0.15) is 6.61 Å². The molecule has 0 heterocycles. The van der Waals surface area contributed by atoms with Crippen molar-refractivity contribution >= 4 is 29.4 Å². The lowest BCUT2D eigenvalue weighted by atomic mass is 10.1. The number of carboxylic acid groups (broad SMARTS) is 1. The Balaban J connectivity index is 1.92. The molecule has 0 radical (unpaired) electrons. The van der Waals surface area contributed by atoms with Gasteiger partial charge in [-0.1, -0.05) is 48.0 Å². The van der Waals surface area contributed by atoms with Crippen LogP contribution in [-0.2, 0) is 22.6 Å². The molecule has 5 nitrogen and oxygen atoms in total. The van der Waals surface area contributed by atoms with Crippen LogP contribution in [0.15, 0.2) is 48.5 Å². The van der Waals surface area contributed by atoms with Gasteiger partial charge in [0.15, 0.2) is 0 Å². The molecule has 0 unspecified atom stereocenters. The van der Waals surface area contributed by atoms with E-state index in [-0.39, 0.29) is 18.1 Å². The summed E-state index contributed by atoms with van der Waals surface area (Å²) in [5, 5.41) is 11.5. The summed E-state index contributed by atoms with van der Waals surface area (Å²) in [4.78, 5) is 22.3. The average Bonchev–Trinajstić information content (AvgIpc) is 2.48. The van der Waals surface area contributed by atoms with Gasteiger partial charge < -0.3 is 9.84 Å². The number of nitrogens with one attached hydrogen (secondary N) is 1. The molecule has 0 saturated heterocycles. The van der Waals surface area contributed by atoms with Gasteiger partial charge in [-0.3, -0.25) is 10.1 Å². The molecular formula is C16H14ClNO4. The summed E-state index contributed by atoms with van der Waals surface area (Å²) in [6, 6.07) is 13.9. The van der Waals surface area contributed by atoms with E-state index in [1.807, 2.05) is 30.3 Å². The fourth-order valence-electron chi connectivity index (χ4n) is 1.81. The molecule has 2 N–H and O–H groups in total. The summed E-state index contributed by atoms with van der Waals surface area (Å²) in [6.45, 7) is 0.154. The minimum Gasteiger partial charge on any atom is -0.481 e. The lowest BCUT2D eigenvalue weighted by Crippen LogP contribution is -2.14. The van der Waals surface area contributed by atoms with Gasteiger partial charge in [-0.15, -0.1) is 0 Å². The Labute approximate surface area is 132 Å². The van der Waals surface area contributed by atoms with Crippen molar-refractivity contribution in [3.63, 3.8) is 0 Å². The average molecular weight is 320 g/mol. The van der Waals surface area contributed by atoms with Crippen molar-refractivity contribution in [1.29, 1.82) is 0 Å². The van der Waals surface area contributed by atoms with E-state index in [1.54, 1.807) is 12.1 Å². The predicted molar refractivity (Wildman–Crippen MR) is 83.0 cm³/mol. The zero-order chi connectivity index (χ0) is 15.9. The van der Waals surface area contributed by atoms with Gasteiger partial charge in [-0.25, -0.2) is 4.79 Å². The van der Waals surface area contributed by atoms with Crippen molar-refractivity contribution in [2.75, 3.05) is 5.32 Å². The number of carbonyl (C=O) groups is 2. The number of hydrogen-bond acceptors (Lipinski definition) is 3. The third-order valence-corrected chi connectivity index (χ3v) is 3.15. The van der Waals surface area contributed by atoms with Crippen LogP contribution >= 0.6 is 11.6 Å². The number of carboxylic acids is 1. The number of rotatable bonds is 5. The first-order valence-electron chi connectivity index (χ1n) is 6.52. The summed E-state index contributed by atoms with van der Waals surface area (Å²) in [5.41, 5.74) is 1.80. The first-order chi connectivity index (χ1) is 10.5. The molecule has 0 saturated carbocycles. The number of carbonyl (C=O) groups excluding carboxylic acids is 1. The van der Waals surface area contributed by atoms with E-state index >= 15 is 0 Å². The Morgan fingerprint density at radius 3 is 2.45 bits per heavy atom. The van der Waals surface area contributed by atoms with Crippen LogP contribution in [-0.4, -0.2) is 17.2 Å². The zero-order valence-corrected chi connectivity index (χ0v) is 12.3. The molecule has 114 valence electrons. The van der Waals surface area contributed by atoms with Crippen molar-refractivity contribution in [1.82, 2.24) is 0 Å². The zero-order valence-electron chi connectivity index (χ0n) is 11.6. The minimum absolute atomic E-state index is 0.127. The molecule has 0 aliphatic rings. The van der Waals surface area contributed by atoms with Crippen molar-refractivity contribution < 1.29 is 19.4 Å². The van der Waals surface area contributed by atoms with Crippen molar-refractivity contribution in [2.24, 2.45) is 0 Å². The molecule has 2 aromatic rings. The van der Waals surface area contributed by atoms with E-state index in [1.165, 1.54) is 6.07 Å². The van der Waals surface area contributed by atoms with Crippen LogP contribution in [0, 0.1) is 0 Å². The Kier molecular flexibility index (Phi) is 5.38. The number of ether oxygens (including phenoxy) is 1. The van der Waals surface area contributed by atoms with E-state index in [0.717, 1.165) is 5.56 Å². The van der Waals surface area contributed by atoms with E-state index < -0.39 is 12.1 Å². The minimum atomic E-state index is -0.945. The molecule has 0 aromatic heterocycles. The van der Waals surface area contributed by atoms with Crippen molar-refractivity contribution in [3.05, 3.63) is 64.7 Å². The van der Waals surface area contributed by atoms with Gasteiger partial charge >= 0.3 is 12.1 Å². The number of halogens is 1. The van der Waals surface area contributed by atoms with Crippen molar-refractivity contribution in [3.8, 4) is 0 Å². The summed E-state index contributed by atoms with van der Waals surface area (Å²) < 4.78 is 5.08. The van der Waals surface area contributed by atoms with E-state index in [9.17, 15) is 9.59 Å². The maximum absolute atomic E-state index is 11.7. The molecular weight excluding hydrogens is 306 g/mol. The summed E-state index contributed by atoms with van der Waals surface area (Å²) in [5.74, 6) is -0.945. The molecule has 0 atom stereocenters. The topological polar surface area (TPSA) is 75.6 Å². The molecule has 0 aliphatic heterocycles. The number of hydrogen-bond donors (Lipinski definition) is 2. The molecule has 6 heteroatoms. The highest BCUT2D eigenvalue weighted by atomic mass is 35.5. The number of benzene rings is 2. The first-order valence-corrected chi connectivity index (χ1v) is 6.90. The highest BCUT2D eigenvalue weighted by Gasteiger charge is 2.09.